The van der Waals surface area contributed by atoms with Crippen molar-refractivity contribution in [2.75, 3.05) is 33.1 Å². The molecule has 0 N–H and O–H groups in total. The molecule has 1 fully saturated rings. The zero-order chi connectivity index (χ0) is 28.4. The maximum atomic E-state index is 11.8. The fourth-order valence-electron chi connectivity index (χ4n) is 5.52. The van der Waals surface area contributed by atoms with E-state index in [2.05, 4.69) is 26.0 Å². The Bertz CT molecular complexity index is 1490. The molecule has 0 saturated carbocycles. The second kappa shape index (κ2) is 11.5. The maximum absolute atomic E-state index is 11.8. The van der Waals surface area contributed by atoms with Crippen LogP contribution in [0.15, 0.2) is 54.6 Å². The Kier molecular flexibility index (Phi) is 8.05. The highest BCUT2D eigenvalue weighted by Gasteiger charge is 2.30. The number of hydrogen-bond donors (Lipinski definition) is 0. The molecule has 9 heteroatoms. The maximum Gasteiger partial charge on any atom is 0.306 e. The normalized spacial score (nSPS) is 18.7. The molecule has 40 heavy (non-hydrogen) atoms. The zero-order valence-electron chi connectivity index (χ0n) is 23.3. The number of hydrogen-bond acceptors (Lipinski definition) is 7. The van der Waals surface area contributed by atoms with Crippen LogP contribution in [0.1, 0.15) is 41.0 Å². The van der Waals surface area contributed by atoms with E-state index in [0.717, 1.165) is 44.9 Å². The predicted molar refractivity (Wildman–Crippen MR) is 152 cm³/mol. The Hall–Kier alpha value is -3.56. The number of benzene rings is 3. The summed E-state index contributed by atoms with van der Waals surface area (Å²) in [6.45, 7) is 5.85. The van der Waals surface area contributed by atoms with E-state index in [1.165, 1.54) is 17.7 Å². The van der Waals surface area contributed by atoms with Gasteiger partial charge in [0.05, 0.1) is 32.9 Å². The van der Waals surface area contributed by atoms with E-state index in [1.54, 1.807) is 0 Å². The van der Waals surface area contributed by atoms with Crippen LogP contribution in [0.4, 0.5) is 0 Å². The van der Waals surface area contributed by atoms with Crippen molar-refractivity contribution in [1.29, 1.82) is 0 Å². The lowest BCUT2D eigenvalue weighted by molar-refractivity contribution is -0.141. The summed E-state index contributed by atoms with van der Waals surface area (Å²) in [6, 6.07) is 18.1. The molecule has 0 radical (unpaired) electrons. The second-order valence-electron chi connectivity index (χ2n) is 10.6. The van der Waals surface area contributed by atoms with Crippen LogP contribution in [0, 0.1) is 13.8 Å². The van der Waals surface area contributed by atoms with E-state index in [1.807, 2.05) is 42.5 Å². The minimum absolute atomic E-state index is 0.00297. The Morgan fingerprint density at radius 2 is 1.82 bits per heavy atom. The predicted octanol–water partition coefficient (Wildman–Crippen LogP) is 5.00. The average molecular weight is 566 g/mol. The summed E-state index contributed by atoms with van der Waals surface area (Å²) >= 11 is 0. The van der Waals surface area contributed by atoms with Crippen molar-refractivity contribution >= 4 is 16.0 Å². The molecule has 0 amide bonds. The van der Waals surface area contributed by atoms with E-state index in [4.69, 9.17) is 18.9 Å². The molecule has 2 atom stereocenters. The lowest BCUT2D eigenvalue weighted by atomic mass is 9.94. The number of aryl methyl sites for hydroxylation is 2. The van der Waals surface area contributed by atoms with Crippen LogP contribution in [-0.4, -0.2) is 57.9 Å². The number of methoxy groups -OCH3 is 1. The molecular weight excluding hydrogens is 530 g/mol. The minimum atomic E-state index is -3.20. The molecule has 2 aliphatic heterocycles. The summed E-state index contributed by atoms with van der Waals surface area (Å²) < 4.78 is 48.0. The highest BCUT2D eigenvalue weighted by Crippen LogP contribution is 2.39. The van der Waals surface area contributed by atoms with E-state index < -0.39 is 10.0 Å². The van der Waals surface area contributed by atoms with Crippen molar-refractivity contribution in [3.05, 3.63) is 76.9 Å². The summed E-state index contributed by atoms with van der Waals surface area (Å²) in [4.78, 5) is 11.7. The number of ether oxygens (including phenoxy) is 4. The highest BCUT2D eigenvalue weighted by molar-refractivity contribution is 7.88. The van der Waals surface area contributed by atoms with E-state index in [9.17, 15) is 13.2 Å². The Morgan fingerprint density at radius 1 is 1.05 bits per heavy atom. The minimum Gasteiger partial charge on any atom is -0.492 e. The van der Waals surface area contributed by atoms with Gasteiger partial charge < -0.3 is 18.9 Å². The van der Waals surface area contributed by atoms with Crippen molar-refractivity contribution in [1.82, 2.24) is 4.31 Å². The van der Waals surface area contributed by atoms with Gasteiger partial charge in [-0.2, -0.15) is 4.31 Å². The summed E-state index contributed by atoms with van der Waals surface area (Å²) in [6.07, 6.45) is 2.06. The number of esters is 1. The molecule has 3 aromatic carbocycles. The van der Waals surface area contributed by atoms with Gasteiger partial charge in [-0.3, -0.25) is 4.79 Å². The fraction of sp³-hybridized carbons (Fsp3) is 0.387. The number of fused-ring (bicyclic) bond motifs is 1. The van der Waals surface area contributed by atoms with E-state index >= 15 is 0 Å². The van der Waals surface area contributed by atoms with Gasteiger partial charge in [-0.15, -0.1) is 0 Å². The molecule has 0 unspecified atom stereocenters. The van der Waals surface area contributed by atoms with Crippen LogP contribution in [0.25, 0.3) is 11.1 Å². The molecule has 0 aliphatic carbocycles. The van der Waals surface area contributed by atoms with E-state index in [0.29, 0.717) is 44.9 Å². The first-order chi connectivity index (χ1) is 19.1. The Morgan fingerprint density at radius 3 is 2.52 bits per heavy atom. The van der Waals surface area contributed by atoms with E-state index in [-0.39, 0.29) is 18.0 Å². The van der Waals surface area contributed by atoms with Gasteiger partial charge in [0.25, 0.3) is 0 Å². The first kappa shape index (κ1) is 28.0. The molecule has 8 nitrogen and oxygen atoms in total. The lowest BCUT2D eigenvalue weighted by Gasteiger charge is -2.18. The van der Waals surface area contributed by atoms with Gasteiger partial charge in [-0.05, 0) is 72.4 Å². The van der Waals surface area contributed by atoms with Crippen LogP contribution in [0.2, 0.25) is 0 Å². The van der Waals surface area contributed by atoms with Crippen molar-refractivity contribution in [2.45, 2.75) is 45.3 Å². The molecule has 0 bridgehead atoms. The number of sulfonamides is 1. The molecule has 3 aromatic rings. The van der Waals surface area contributed by atoms with Gasteiger partial charge in [0, 0.05) is 24.1 Å². The quantitative estimate of drug-likeness (QED) is 0.337. The van der Waals surface area contributed by atoms with Gasteiger partial charge in [-0.1, -0.05) is 24.3 Å². The molecule has 2 heterocycles. The molecule has 2 aliphatic rings. The van der Waals surface area contributed by atoms with Crippen LogP contribution < -0.4 is 14.2 Å². The second-order valence-corrected chi connectivity index (χ2v) is 12.5. The molecule has 0 spiro atoms. The number of carbonyl (C=O) groups excluding carboxylic acids is 1. The zero-order valence-corrected chi connectivity index (χ0v) is 24.1. The topological polar surface area (TPSA) is 91.4 Å². The third-order valence-electron chi connectivity index (χ3n) is 7.51. The fourth-order valence-corrected chi connectivity index (χ4v) is 6.39. The monoisotopic (exact) mass is 565 g/mol. The van der Waals surface area contributed by atoms with Crippen molar-refractivity contribution in [3.63, 3.8) is 0 Å². The molecule has 212 valence electrons. The average Bonchev–Trinajstić information content (AvgIpc) is 3.54. The van der Waals surface area contributed by atoms with Crippen molar-refractivity contribution in [2.24, 2.45) is 0 Å². The number of rotatable bonds is 9. The van der Waals surface area contributed by atoms with Gasteiger partial charge in [0.15, 0.2) is 0 Å². The van der Waals surface area contributed by atoms with Gasteiger partial charge >= 0.3 is 5.97 Å². The van der Waals surface area contributed by atoms with Crippen LogP contribution in [0.3, 0.4) is 0 Å². The molecule has 5 rings (SSSR count). The third-order valence-corrected chi connectivity index (χ3v) is 8.78. The molecule has 0 aromatic heterocycles. The summed E-state index contributed by atoms with van der Waals surface area (Å²) in [5.74, 6) is 1.96. The smallest absolute Gasteiger partial charge is 0.306 e. The van der Waals surface area contributed by atoms with Gasteiger partial charge in [-0.25, -0.2) is 8.42 Å². The summed E-state index contributed by atoms with van der Waals surface area (Å²) in [7, 11) is -1.81. The molecular formula is C31H35NO7S. The SMILES string of the molecule is COC(=O)C[C@@H]1COc2cc(OCc3cccc(-c4c(C)cc(O[C@@H]5CCN(S(C)(=O)=O)C5)cc4C)c3)ccc21. The lowest BCUT2D eigenvalue weighted by Crippen LogP contribution is -2.29. The number of nitrogens with zero attached hydrogens (tertiary/aromatic N) is 1. The summed E-state index contributed by atoms with van der Waals surface area (Å²) in [5.41, 5.74) is 6.44. The Labute approximate surface area is 235 Å². The first-order valence-corrected chi connectivity index (χ1v) is 15.2. The van der Waals surface area contributed by atoms with Crippen molar-refractivity contribution < 1.29 is 32.2 Å². The van der Waals surface area contributed by atoms with Gasteiger partial charge in [0.1, 0.15) is 30.0 Å². The highest BCUT2D eigenvalue weighted by atomic mass is 32.2. The van der Waals surface area contributed by atoms with Crippen molar-refractivity contribution in [3.8, 4) is 28.4 Å². The van der Waals surface area contributed by atoms with Crippen LogP contribution in [0.5, 0.6) is 17.2 Å². The van der Waals surface area contributed by atoms with Gasteiger partial charge in [0.2, 0.25) is 10.0 Å². The standard InChI is InChI=1S/C31H35NO7S/c1-20-12-27(39-26-10-11-32(17-26)40(4,34)35)13-21(2)31(20)23-7-5-6-22(14-23)18-37-25-8-9-28-24(15-30(33)36-3)19-38-29(28)16-25/h5-9,12-14,16,24,26H,10-11,15,17-19H2,1-4H3/t24-,26-/m1/s1. The largest absolute Gasteiger partial charge is 0.492 e. The van der Waals surface area contributed by atoms with Crippen LogP contribution >= 0.6 is 0 Å². The Balaban J connectivity index is 1.25. The van der Waals surface area contributed by atoms with Crippen LogP contribution in [-0.2, 0) is 26.2 Å². The number of carbonyl (C=O) groups is 1. The molecule has 1 saturated heterocycles. The summed E-state index contributed by atoms with van der Waals surface area (Å²) in [5, 5.41) is 0. The first-order valence-electron chi connectivity index (χ1n) is 13.4. The third kappa shape index (κ3) is 6.26.